The molecule has 5 rings (SSSR count). The van der Waals surface area contributed by atoms with Gasteiger partial charge in [-0.3, -0.25) is 10.1 Å². The summed E-state index contributed by atoms with van der Waals surface area (Å²) in [6, 6.07) is 11.5. The molecule has 1 amide bonds. The number of esters is 1. The number of thiophene rings is 1. The summed E-state index contributed by atoms with van der Waals surface area (Å²) in [6.45, 7) is 2.16. The molecule has 150 valence electrons. The van der Waals surface area contributed by atoms with Crippen LogP contribution in [0.4, 0.5) is 5.95 Å². The Hall–Kier alpha value is -2.71. The van der Waals surface area contributed by atoms with E-state index < -0.39 is 5.97 Å². The number of carbonyl (C=O) groups excluding carboxylic acids is 2. The minimum atomic E-state index is -0.439. The summed E-state index contributed by atoms with van der Waals surface area (Å²) in [5.41, 5.74) is 2.30. The quantitative estimate of drug-likeness (QED) is 0.644. The molecule has 3 heterocycles. The molecule has 8 heteroatoms. The van der Waals surface area contributed by atoms with Crippen LogP contribution in [-0.4, -0.2) is 41.6 Å². The van der Waals surface area contributed by atoms with Crippen molar-refractivity contribution in [1.29, 1.82) is 0 Å². The van der Waals surface area contributed by atoms with Gasteiger partial charge in [0, 0.05) is 12.6 Å². The molecule has 2 N–H and O–H groups in total. The third-order valence-electron chi connectivity index (χ3n) is 6.07. The van der Waals surface area contributed by atoms with E-state index in [9.17, 15) is 9.59 Å². The molecule has 29 heavy (non-hydrogen) atoms. The molecule has 0 bridgehead atoms. The zero-order valence-electron chi connectivity index (χ0n) is 16.1. The fourth-order valence-electron chi connectivity index (χ4n) is 4.60. The van der Waals surface area contributed by atoms with Gasteiger partial charge in [0.05, 0.1) is 23.0 Å². The van der Waals surface area contributed by atoms with Crippen molar-refractivity contribution in [3.8, 4) is 0 Å². The van der Waals surface area contributed by atoms with Gasteiger partial charge in [0.2, 0.25) is 5.95 Å². The summed E-state index contributed by atoms with van der Waals surface area (Å²) < 4.78 is 6.90. The van der Waals surface area contributed by atoms with Crippen molar-refractivity contribution in [2.75, 3.05) is 25.5 Å². The number of imidazole rings is 1. The number of rotatable bonds is 4. The first-order valence-electron chi connectivity index (χ1n) is 9.76. The van der Waals surface area contributed by atoms with Crippen molar-refractivity contribution in [3.05, 3.63) is 46.2 Å². The molecule has 3 aromatic rings. The van der Waals surface area contributed by atoms with E-state index in [1.807, 2.05) is 18.2 Å². The molecule has 1 saturated carbocycles. The highest BCUT2D eigenvalue weighted by atomic mass is 32.1. The summed E-state index contributed by atoms with van der Waals surface area (Å²) in [6.07, 6.45) is 3.40. The number of aromatic nitrogens is 2. The standard InChI is InChI=1S/C21H22N4O3S/c1-28-19(27)17-7-6-16(29-17)18(26)24-20-23-14-4-2-3-5-15(14)25(20)13-10-21(11-13)8-9-22-12-21/h2-7,13,22H,8-12H2,1H3,(H,23,24,26). The molecule has 1 aliphatic carbocycles. The monoisotopic (exact) mass is 410 g/mol. The van der Waals surface area contributed by atoms with Crippen LogP contribution in [0.15, 0.2) is 36.4 Å². The Bertz CT molecular complexity index is 1090. The fourth-order valence-corrected chi connectivity index (χ4v) is 5.42. The van der Waals surface area contributed by atoms with Crippen LogP contribution in [0.25, 0.3) is 11.0 Å². The van der Waals surface area contributed by atoms with Crippen LogP contribution < -0.4 is 10.6 Å². The molecule has 2 aliphatic rings. The van der Waals surface area contributed by atoms with Crippen LogP contribution in [0.1, 0.15) is 44.6 Å². The Morgan fingerprint density at radius 1 is 1.24 bits per heavy atom. The zero-order chi connectivity index (χ0) is 20.0. The molecule has 2 aromatic heterocycles. The lowest BCUT2D eigenvalue weighted by Gasteiger charge is -2.46. The van der Waals surface area contributed by atoms with Crippen LogP contribution in [0.5, 0.6) is 0 Å². The average molecular weight is 410 g/mol. The lowest BCUT2D eigenvalue weighted by molar-refractivity contribution is 0.0606. The highest BCUT2D eigenvalue weighted by Crippen LogP contribution is 2.53. The lowest BCUT2D eigenvalue weighted by atomic mass is 9.65. The summed E-state index contributed by atoms with van der Waals surface area (Å²) in [5.74, 6) is -0.139. The zero-order valence-corrected chi connectivity index (χ0v) is 16.9. The Morgan fingerprint density at radius 2 is 2.03 bits per heavy atom. The molecule has 0 atom stereocenters. The maximum Gasteiger partial charge on any atom is 0.348 e. The molecule has 7 nitrogen and oxygen atoms in total. The molecule has 0 unspecified atom stereocenters. The highest BCUT2D eigenvalue weighted by Gasteiger charge is 2.47. The van der Waals surface area contributed by atoms with Gasteiger partial charge < -0.3 is 14.6 Å². The predicted molar refractivity (Wildman–Crippen MR) is 112 cm³/mol. The largest absolute Gasteiger partial charge is 0.465 e. The Balaban J connectivity index is 1.43. The number of nitrogens with one attached hydrogen (secondary N) is 2. The number of fused-ring (bicyclic) bond motifs is 1. The van der Waals surface area contributed by atoms with Gasteiger partial charge in [-0.05, 0) is 55.5 Å². The molecular formula is C21H22N4O3S. The molecule has 2 fully saturated rings. The van der Waals surface area contributed by atoms with Gasteiger partial charge in [-0.1, -0.05) is 12.1 Å². The summed E-state index contributed by atoms with van der Waals surface area (Å²) >= 11 is 1.12. The van der Waals surface area contributed by atoms with E-state index in [4.69, 9.17) is 4.74 Å². The van der Waals surface area contributed by atoms with Gasteiger partial charge in [-0.25, -0.2) is 9.78 Å². The highest BCUT2D eigenvalue weighted by molar-refractivity contribution is 7.16. The second-order valence-corrected chi connectivity index (χ2v) is 8.98. The van der Waals surface area contributed by atoms with Crippen molar-refractivity contribution in [2.45, 2.75) is 25.3 Å². The Kier molecular flexibility index (Phi) is 4.40. The number of ether oxygens (including phenoxy) is 1. The number of carbonyl (C=O) groups is 2. The van der Waals surface area contributed by atoms with Crippen LogP contribution >= 0.6 is 11.3 Å². The van der Waals surface area contributed by atoms with E-state index in [-0.39, 0.29) is 5.91 Å². The van der Waals surface area contributed by atoms with Gasteiger partial charge in [-0.2, -0.15) is 0 Å². The maximum absolute atomic E-state index is 12.8. The first-order valence-corrected chi connectivity index (χ1v) is 10.6. The van der Waals surface area contributed by atoms with Gasteiger partial charge in [0.1, 0.15) is 4.88 Å². The van der Waals surface area contributed by atoms with Crippen molar-refractivity contribution >= 4 is 40.2 Å². The van der Waals surface area contributed by atoms with Crippen LogP contribution in [0, 0.1) is 5.41 Å². The molecular weight excluding hydrogens is 388 g/mol. The number of methoxy groups -OCH3 is 1. The number of benzene rings is 1. The van der Waals surface area contributed by atoms with E-state index >= 15 is 0 Å². The Morgan fingerprint density at radius 3 is 2.79 bits per heavy atom. The van der Waals surface area contributed by atoms with Crippen molar-refractivity contribution in [2.24, 2.45) is 5.41 Å². The summed E-state index contributed by atoms with van der Waals surface area (Å²) in [4.78, 5) is 30.0. The van der Waals surface area contributed by atoms with Gasteiger partial charge >= 0.3 is 5.97 Å². The van der Waals surface area contributed by atoms with E-state index in [2.05, 4.69) is 26.3 Å². The normalized spacial score (nSPS) is 23.3. The first-order chi connectivity index (χ1) is 14.1. The van der Waals surface area contributed by atoms with Crippen molar-refractivity contribution < 1.29 is 14.3 Å². The molecule has 1 aromatic carbocycles. The minimum absolute atomic E-state index is 0.265. The molecule has 1 saturated heterocycles. The number of amides is 1. The second kappa shape index (κ2) is 6.96. The molecule has 1 spiro atoms. The number of nitrogens with zero attached hydrogens (tertiary/aromatic N) is 2. The summed E-state index contributed by atoms with van der Waals surface area (Å²) in [5, 5.41) is 6.44. The Labute approximate surface area is 172 Å². The van der Waals surface area contributed by atoms with Crippen LogP contribution in [-0.2, 0) is 4.74 Å². The summed E-state index contributed by atoms with van der Waals surface area (Å²) in [7, 11) is 1.33. The number of para-hydroxylation sites is 2. The lowest BCUT2D eigenvalue weighted by Crippen LogP contribution is -2.40. The third-order valence-corrected chi connectivity index (χ3v) is 7.14. The minimum Gasteiger partial charge on any atom is -0.465 e. The number of hydrogen-bond donors (Lipinski definition) is 2. The smallest absolute Gasteiger partial charge is 0.348 e. The van der Waals surface area contributed by atoms with Crippen LogP contribution in [0.2, 0.25) is 0 Å². The first kappa shape index (κ1) is 18.3. The van der Waals surface area contributed by atoms with Gasteiger partial charge in [0.15, 0.2) is 0 Å². The third kappa shape index (κ3) is 3.12. The van der Waals surface area contributed by atoms with E-state index in [0.29, 0.717) is 27.2 Å². The maximum atomic E-state index is 12.8. The molecule has 0 radical (unpaired) electrons. The number of anilines is 1. The average Bonchev–Trinajstić information content (AvgIpc) is 3.43. The second-order valence-electron chi connectivity index (χ2n) is 7.89. The van der Waals surface area contributed by atoms with Crippen LogP contribution in [0.3, 0.4) is 0 Å². The number of hydrogen-bond acceptors (Lipinski definition) is 6. The SMILES string of the molecule is COC(=O)c1ccc(C(=O)Nc2nc3ccccc3n2C2CC3(CCNC3)C2)s1. The predicted octanol–water partition coefficient (Wildman–Crippen LogP) is 3.45. The van der Waals surface area contributed by atoms with Gasteiger partial charge in [0.25, 0.3) is 5.91 Å². The van der Waals surface area contributed by atoms with E-state index in [0.717, 1.165) is 48.3 Å². The van der Waals surface area contributed by atoms with Crippen molar-refractivity contribution in [1.82, 2.24) is 14.9 Å². The van der Waals surface area contributed by atoms with Gasteiger partial charge in [-0.15, -0.1) is 11.3 Å². The topological polar surface area (TPSA) is 85.2 Å². The fraction of sp³-hybridized carbons (Fsp3) is 0.381. The van der Waals surface area contributed by atoms with Crippen molar-refractivity contribution in [3.63, 3.8) is 0 Å². The van der Waals surface area contributed by atoms with E-state index in [1.54, 1.807) is 12.1 Å². The van der Waals surface area contributed by atoms with E-state index in [1.165, 1.54) is 13.5 Å². The molecule has 1 aliphatic heterocycles.